The van der Waals surface area contributed by atoms with Crippen LogP contribution in [0.2, 0.25) is 5.15 Å². The van der Waals surface area contributed by atoms with Crippen molar-refractivity contribution in [3.63, 3.8) is 0 Å². The van der Waals surface area contributed by atoms with Crippen molar-refractivity contribution in [3.05, 3.63) is 23.0 Å². The average molecular weight is 273 g/mol. The summed E-state index contributed by atoms with van der Waals surface area (Å²) in [6, 6.07) is 3.46. The van der Waals surface area contributed by atoms with Crippen molar-refractivity contribution in [1.29, 1.82) is 0 Å². The van der Waals surface area contributed by atoms with Gasteiger partial charge in [-0.25, -0.2) is 0 Å². The van der Waals surface area contributed by atoms with Crippen molar-refractivity contribution in [3.8, 4) is 0 Å². The van der Waals surface area contributed by atoms with E-state index in [0.29, 0.717) is 31.4 Å². The number of likely N-dealkylation sites (N-methyl/N-ethyl adjacent to an activating group) is 1. The van der Waals surface area contributed by atoms with Crippen LogP contribution >= 0.6 is 11.6 Å². The van der Waals surface area contributed by atoms with Gasteiger partial charge in [-0.15, -0.1) is 5.10 Å². The van der Waals surface area contributed by atoms with Crippen molar-refractivity contribution in [1.82, 2.24) is 20.4 Å². The molecule has 18 heavy (non-hydrogen) atoms. The predicted molar refractivity (Wildman–Crippen MR) is 68.3 cm³/mol. The molecule has 1 N–H and O–H groups in total. The lowest BCUT2D eigenvalue weighted by molar-refractivity contribution is -0.122. The highest BCUT2D eigenvalue weighted by molar-refractivity contribution is 6.29. The maximum Gasteiger partial charge on any atom is 0.234 e. The number of hydrogen-bond acceptors (Lipinski definition) is 5. The van der Waals surface area contributed by atoms with E-state index in [9.17, 15) is 4.79 Å². The molecule has 7 heteroatoms. The molecule has 1 aromatic heterocycles. The minimum Gasteiger partial charge on any atom is -0.383 e. The van der Waals surface area contributed by atoms with Crippen LogP contribution in [-0.2, 0) is 16.1 Å². The smallest absolute Gasteiger partial charge is 0.234 e. The van der Waals surface area contributed by atoms with E-state index in [4.69, 9.17) is 16.3 Å². The number of methoxy groups -OCH3 is 1. The second kappa shape index (κ2) is 7.97. The van der Waals surface area contributed by atoms with E-state index in [1.165, 1.54) is 0 Å². The Balaban J connectivity index is 2.30. The number of ether oxygens (including phenoxy) is 1. The van der Waals surface area contributed by atoms with E-state index < -0.39 is 0 Å². The lowest BCUT2D eigenvalue weighted by atomic mass is 10.3. The first-order valence-corrected chi connectivity index (χ1v) is 5.92. The largest absolute Gasteiger partial charge is 0.383 e. The molecule has 1 aromatic rings. The minimum absolute atomic E-state index is 0.0449. The van der Waals surface area contributed by atoms with Gasteiger partial charge < -0.3 is 10.1 Å². The molecular formula is C11H17ClN4O2. The van der Waals surface area contributed by atoms with Crippen molar-refractivity contribution >= 4 is 17.5 Å². The van der Waals surface area contributed by atoms with E-state index in [0.717, 1.165) is 5.69 Å². The molecule has 100 valence electrons. The lowest BCUT2D eigenvalue weighted by Crippen LogP contribution is -2.36. The van der Waals surface area contributed by atoms with Gasteiger partial charge in [0.15, 0.2) is 5.15 Å². The number of nitrogens with zero attached hydrogens (tertiary/aromatic N) is 3. The van der Waals surface area contributed by atoms with Gasteiger partial charge in [0.05, 0.1) is 18.8 Å². The van der Waals surface area contributed by atoms with E-state index in [1.807, 2.05) is 11.9 Å². The zero-order valence-electron chi connectivity index (χ0n) is 10.5. The summed E-state index contributed by atoms with van der Waals surface area (Å²) in [5.74, 6) is -0.0449. The fraction of sp³-hybridized carbons (Fsp3) is 0.545. The second-order valence-corrected chi connectivity index (χ2v) is 4.25. The Labute approximate surface area is 111 Å². The quantitative estimate of drug-likeness (QED) is 0.725. The number of carbonyl (C=O) groups is 1. The zero-order chi connectivity index (χ0) is 13.4. The van der Waals surface area contributed by atoms with Crippen LogP contribution < -0.4 is 5.32 Å². The number of carbonyl (C=O) groups excluding carboxylic acids is 1. The van der Waals surface area contributed by atoms with E-state index in [2.05, 4.69) is 15.5 Å². The molecule has 0 atom stereocenters. The number of nitrogens with one attached hydrogen (secondary N) is 1. The van der Waals surface area contributed by atoms with Gasteiger partial charge in [-0.2, -0.15) is 5.10 Å². The first-order chi connectivity index (χ1) is 8.61. The van der Waals surface area contributed by atoms with Crippen LogP contribution in [0.3, 0.4) is 0 Å². The molecule has 0 aromatic carbocycles. The highest BCUT2D eigenvalue weighted by Crippen LogP contribution is 2.03. The molecule has 0 spiro atoms. The zero-order valence-corrected chi connectivity index (χ0v) is 11.3. The summed E-state index contributed by atoms with van der Waals surface area (Å²) in [5, 5.41) is 10.8. The molecule has 1 amide bonds. The molecule has 0 saturated carbocycles. The fourth-order valence-corrected chi connectivity index (χ4v) is 1.45. The van der Waals surface area contributed by atoms with Gasteiger partial charge in [0, 0.05) is 20.2 Å². The number of hydrogen-bond donors (Lipinski definition) is 1. The third-order valence-corrected chi connectivity index (χ3v) is 2.36. The monoisotopic (exact) mass is 272 g/mol. The van der Waals surface area contributed by atoms with Crippen molar-refractivity contribution < 1.29 is 9.53 Å². The second-order valence-electron chi connectivity index (χ2n) is 3.86. The summed E-state index contributed by atoms with van der Waals surface area (Å²) in [6.07, 6.45) is 0. The summed E-state index contributed by atoms with van der Waals surface area (Å²) in [4.78, 5) is 13.4. The molecule has 0 fully saturated rings. The normalized spacial score (nSPS) is 10.7. The first-order valence-electron chi connectivity index (χ1n) is 5.54. The number of amides is 1. The molecule has 1 rings (SSSR count). The van der Waals surface area contributed by atoms with Gasteiger partial charge in [0.2, 0.25) is 5.91 Å². The maximum atomic E-state index is 11.5. The summed E-state index contributed by atoms with van der Waals surface area (Å²) in [5.41, 5.74) is 0.770. The minimum atomic E-state index is -0.0449. The Morgan fingerprint density at radius 2 is 2.28 bits per heavy atom. The summed E-state index contributed by atoms with van der Waals surface area (Å²) in [6.45, 7) is 1.87. The highest BCUT2D eigenvalue weighted by Gasteiger charge is 2.07. The number of rotatable bonds is 7. The third kappa shape index (κ3) is 5.90. The molecule has 0 unspecified atom stereocenters. The summed E-state index contributed by atoms with van der Waals surface area (Å²) < 4.78 is 4.84. The van der Waals surface area contributed by atoms with E-state index in [1.54, 1.807) is 19.2 Å². The Morgan fingerprint density at radius 1 is 1.50 bits per heavy atom. The van der Waals surface area contributed by atoms with Crippen molar-refractivity contribution in [2.75, 3.05) is 33.9 Å². The van der Waals surface area contributed by atoms with Crippen LogP contribution in [0.15, 0.2) is 12.1 Å². The van der Waals surface area contributed by atoms with E-state index >= 15 is 0 Å². The van der Waals surface area contributed by atoms with Gasteiger partial charge in [-0.1, -0.05) is 11.6 Å². The average Bonchev–Trinajstić information content (AvgIpc) is 2.32. The molecule has 1 heterocycles. The Kier molecular flexibility index (Phi) is 6.56. The van der Waals surface area contributed by atoms with Gasteiger partial charge in [-0.3, -0.25) is 9.69 Å². The maximum absolute atomic E-state index is 11.5. The van der Waals surface area contributed by atoms with Crippen LogP contribution in [0.5, 0.6) is 0 Å². The highest BCUT2D eigenvalue weighted by atomic mass is 35.5. The van der Waals surface area contributed by atoms with Gasteiger partial charge in [0.1, 0.15) is 0 Å². The molecule has 0 aliphatic heterocycles. The molecule has 0 aliphatic carbocycles. The van der Waals surface area contributed by atoms with Crippen LogP contribution in [0.4, 0.5) is 0 Å². The summed E-state index contributed by atoms with van der Waals surface area (Å²) >= 11 is 5.64. The van der Waals surface area contributed by atoms with E-state index in [-0.39, 0.29) is 5.91 Å². The van der Waals surface area contributed by atoms with Crippen LogP contribution in [0.25, 0.3) is 0 Å². The number of aromatic nitrogens is 2. The molecule has 0 aliphatic rings. The predicted octanol–water partition coefficient (Wildman–Crippen LogP) is 0.324. The third-order valence-electron chi connectivity index (χ3n) is 2.16. The molecule has 6 nitrogen and oxygen atoms in total. The van der Waals surface area contributed by atoms with Crippen LogP contribution in [-0.4, -0.2) is 54.9 Å². The topological polar surface area (TPSA) is 67.3 Å². The van der Waals surface area contributed by atoms with Gasteiger partial charge in [-0.05, 0) is 19.2 Å². The van der Waals surface area contributed by atoms with Crippen molar-refractivity contribution in [2.24, 2.45) is 0 Å². The Bertz CT molecular complexity index is 372. The van der Waals surface area contributed by atoms with Gasteiger partial charge >= 0.3 is 0 Å². The lowest BCUT2D eigenvalue weighted by Gasteiger charge is -2.15. The molecule has 0 bridgehead atoms. The van der Waals surface area contributed by atoms with Crippen LogP contribution in [0, 0.1) is 0 Å². The molecular weight excluding hydrogens is 256 g/mol. The van der Waals surface area contributed by atoms with Crippen LogP contribution in [0.1, 0.15) is 5.69 Å². The molecule has 0 saturated heterocycles. The fourth-order valence-electron chi connectivity index (χ4n) is 1.35. The number of halogens is 1. The van der Waals surface area contributed by atoms with Gasteiger partial charge in [0.25, 0.3) is 0 Å². The Morgan fingerprint density at radius 3 is 2.89 bits per heavy atom. The van der Waals surface area contributed by atoms with Crippen molar-refractivity contribution in [2.45, 2.75) is 6.54 Å². The standard InChI is InChI=1S/C11H17ClN4O2/c1-16(8-11(17)13-5-6-18-2)7-9-3-4-10(12)15-14-9/h3-4H,5-8H2,1-2H3,(H,13,17). The SMILES string of the molecule is COCCNC(=O)CN(C)Cc1ccc(Cl)nn1. The summed E-state index contributed by atoms with van der Waals surface area (Å²) in [7, 11) is 3.43. The Hall–Kier alpha value is -1.24. The molecule has 0 radical (unpaired) electrons. The first kappa shape index (κ1) is 14.8.